The van der Waals surface area contributed by atoms with Crippen molar-refractivity contribution in [1.29, 1.82) is 0 Å². The number of carbonyl (C=O) groups excluding carboxylic acids is 1. The van der Waals surface area contributed by atoms with Crippen LogP contribution in [0.5, 0.6) is 17.2 Å². The maximum atomic E-state index is 12.2. The summed E-state index contributed by atoms with van der Waals surface area (Å²) in [5.74, 6) is 2.37. The minimum atomic E-state index is -0.172. The highest BCUT2D eigenvalue weighted by molar-refractivity contribution is 7.99. The standard InChI is InChI=1S/C24H23ClN2O4S/c1-29-17-6-7-21(30-2)19(12-17)15-9-16-10-18(31-24(16)20(25)11-15)13-27-22(28)14-32-23-5-3-4-8-26-23/h3-9,11-12,18H,10,13-14H2,1-2H3,(H,27,28). The molecule has 0 radical (unpaired) electrons. The number of hydrogen-bond acceptors (Lipinski definition) is 6. The van der Waals surface area contributed by atoms with E-state index in [0.29, 0.717) is 29.5 Å². The summed E-state index contributed by atoms with van der Waals surface area (Å²) >= 11 is 7.94. The smallest absolute Gasteiger partial charge is 0.230 e. The van der Waals surface area contributed by atoms with Gasteiger partial charge in [-0.05, 0) is 48.0 Å². The molecule has 0 aliphatic carbocycles. The zero-order valence-corrected chi connectivity index (χ0v) is 19.3. The lowest BCUT2D eigenvalue weighted by Gasteiger charge is -2.13. The number of carbonyl (C=O) groups is 1. The topological polar surface area (TPSA) is 69.7 Å². The number of nitrogens with one attached hydrogen (secondary N) is 1. The number of ether oxygens (including phenoxy) is 3. The molecular weight excluding hydrogens is 448 g/mol. The lowest BCUT2D eigenvalue weighted by atomic mass is 9.99. The molecule has 1 atom stereocenters. The molecule has 0 bridgehead atoms. The Labute approximate surface area is 196 Å². The number of benzene rings is 2. The number of pyridine rings is 1. The Bertz CT molecular complexity index is 1110. The second kappa shape index (κ2) is 10.1. The molecule has 0 spiro atoms. The first kappa shape index (κ1) is 22.3. The largest absolute Gasteiger partial charge is 0.497 e. The van der Waals surface area contributed by atoms with Gasteiger partial charge in [0.25, 0.3) is 0 Å². The van der Waals surface area contributed by atoms with E-state index in [9.17, 15) is 4.79 Å². The summed E-state index contributed by atoms with van der Waals surface area (Å²) in [6, 6.07) is 15.2. The summed E-state index contributed by atoms with van der Waals surface area (Å²) in [5, 5.41) is 4.29. The van der Waals surface area contributed by atoms with Gasteiger partial charge in [-0.15, -0.1) is 0 Å². The SMILES string of the molecule is COc1ccc(OC)c(-c2cc(Cl)c3c(c2)CC(CNC(=O)CSc2ccccn2)O3)c1. The number of amides is 1. The van der Waals surface area contributed by atoms with Gasteiger partial charge in [-0.3, -0.25) is 4.79 Å². The summed E-state index contributed by atoms with van der Waals surface area (Å²) in [4.78, 5) is 16.4. The molecule has 32 heavy (non-hydrogen) atoms. The van der Waals surface area contributed by atoms with Crippen LogP contribution >= 0.6 is 23.4 Å². The lowest BCUT2D eigenvalue weighted by molar-refractivity contribution is -0.118. The zero-order valence-electron chi connectivity index (χ0n) is 17.8. The number of hydrogen-bond donors (Lipinski definition) is 1. The second-order valence-electron chi connectivity index (χ2n) is 7.22. The van der Waals surface area contributed by atoms with Gasteiger partial charge in [0.05, 0.1) is 36.6 Å². The first-order chi connectivity index (χ1) is 15.6. The predicted octanol–water partition coefficient (Wildman–Crippen LogP) is 4.63. The van der Waals surface area contributed by atoms with Crippen molar-refractivity contribution >= 4 is 29.3 Å². The lowest BCUT2D eigenvalue weighted by Crippen LogP contribution is -2.35. The predicted molar refractivity (Wildman–Crippen MR) is 126 cm³/mol. The first-order valence-corrected chi connectivity index (χ1v) is 11.5. The van der Waals surface area contributed by atoms with E-state index in [1.165, 1.54) is 11.8 Å². The van der Waals surface area contributed by atoms with Gasteiger partial charge in [0.1, 0.15) is 23.4 Å². The van der Waals surface area contributed by atoms with E-state index in [1.807, 2.05) is 42.5 Å². The Balaban J connectivity index is 1.41. The fourth-order valence-corrected chi connectivity index (χ4v) is 4.52. The van der Waals surface area contributed by atoms with Crippen LogP contribution < -0.4 is 19.5 Å². The van der Waals surface area contributed by atoms with E-state index in [-0.39, 0.29) is 12.0 Å². The molecule has 1 aliphatic heterocycles. The summed E-state index contributed by atoms with van der Waals surface area (Å²) in [6.45, 7) is 0.407. The highest BCUT2D eigenvalue weighted by atomic mass is 35.5. The van der Waals surface area contributed by atoms with Crippen LogP contribution in [0.2, 0.25) is 5.02 Å². The summed E-state index contributed by atoms with van der Waals surface area (Å²) in [6.07, 6.45) is 2.19. The molecule has 1 unspecified atom stereocenters. The van der Waals surface area contributed by atoms with Gasteiger partial charge >= 0.3 is 0 Å². The van der Waals surface area contributed by atoms with Gasteiger partial charge in [0, 0.05) is 23.7 Å². The molecule has 1 aliphatic rings. The van der Waals surface area contributed by atoms with Crippen LogP contribution in [0.15, 0.2) is 59.8 Å². The highest BCUT2D eigenvalue weighted by Crippen LogP contribution is 2.42. The van der Waals surface area contributed by atoms with Gasteiger partial charge in [-0.2, -0.15) is 0 Å². The van der Waals surface area contributed by atoms with Crippen LogP contribution in [0.25, 0.3) is 11.1 Å². The van der Waals surface area contributed by atoms with E-state index >= 15 is 0 Å². The molecule has 1 aromatic heterocycles. The number of methoxy groups -OCH3 is 2. The number of aromatic nitrogens is 1. The fourth-order valence-electron chi connectivity index (χ4n) is 3.55. The molecular formula is C24H23ClN2O4S. The van der Waals surface area contributed by atoms with E-state index in [2.05, 4.69) is 16.4 Å². The van der Waals surface area contributed by atoms with Crippen LogP contribution in [0, 0.1) is 0 Å². The van der Waals surface area contributed by atoms with Crippen molar-refractivity contribution in [2.45, 2.75) is 17.6 Å². The Morgan fingerprint density at radius 1 is 1.22 bits per heavy atom. The number of fused-ring (bicyclic) bond motifs is 1. The minimum absolute atomic E-state index is 0.0619. The van der Waals surface area contributed by atoms with E-state index in [0.717, 1.165) is 33.2 Å². The van der Waals surface area contributed by atoms with E-state index < -0.39 is 0 Å². The zero-order chi connectivity index (χ0) is 22.5. The molecule has 0 saturated carbocycles. The van der Waals surface area contributed by atoms with Crippen LogP contribution in [-0.2, 0) is 11.2 Å². The molecule has 3 aromatic rings. The molecule has 8 heteroatoms. The van der Waals surface area contributed by atoms with Crippen molar-refractivity contribution in [3.63, 3.8) is 0 Å². The maximum Gasteiger partial charge on any atom is 0.230 e. The molecule has 6 nitrogen and oxygen atoms in total. The minimum Gasteiger partial charge on any atom is -0.497 e. The van der Waals surface area contributed by atoms with Crippen LogP contribution in [0.1, 0.15) is 5.56 Å². The van der Waals surface area contributed by atoms with E-state index in [1.54, 1.807) is 20.4 Å². The van der Waals surface area contributed by atoms with Crippen molar-refractivity contribution in [2.24, 2.45) is 0 Å². The van der Waals surface area contributed by atoms with E-state index in [4.69, 9.17) is 25.8 Å². The fraction of sp³-hybridized carbons (Fsp3) is 0.250. The van der Waals surface area contributed by atoms with Crippen molar-refractivity contribution in [2.75, 3.05) is 26.5 Å². The monoisotopic (exact) mass is 470 g/mol. The van der Waals surface area contributed by atoms with Gasteiger partial charge in [-0.25, -0.2) is 4.98 Å². The Morgan fingerprint density at radius 3 is 2.84 bits per heavy atom. The molecule has 4 rings (SSSR count). The van der Waals surface area contributed by atoms with Gasteiger partial charge in [-0.1, -0.05) is 29.4 Å². The van der Waals surface area contributed by atoms with Gasteiger partial charge in [0.2, 0.25) is 5.91 Å². The summed E-state index contributed by atoms with van der Waals surface area (Å²) < 4.78 is 16.9. The third-order valence-electron chi connectivity index (χ3n) is 5.09. The normalized spacial score (nSPS) is 14.4. The molecule has 166 valence electrons. The van der Waals surface area contributed by atoms with Crippen molar-refractivity contribution in [3.8, 4) is 28.4 Å². The molecule has 0 saturated heterocycles. The number of thioether (sulfide) groups is 1. The molecule has 1 N–H and O–H groups in total. The molecule has 2 aromatic carbocycles. The number of halogens is 1. The molecule has 0 fully saturated rings. The Kier molecular flexibility index (Phi) is 7.07. The van der Waals surface area contributed by atoms with Crippen molar-refractivity contribution in [1.82, 2.24) is 10.3 Å². The third-order valence-corrected chi connectivity index (χ3v) is 6.31. The average Bonchev–Trinajstić information content (AvgIpc) is 3.25. The number of nitrogens with zero attached hydrogens (tertiary/aromatic N) is 1. The maximum absolute atomic E-state index is 12.2. The molecule has 1 amide bonds. The highest BCUT2D eigenvalue weighted by Gasteiger charge is 2.27. The number of rotatable bonds is 8. The van der Waals surface area contributed by atoms with Crippen molar-refractivity contribution < 1.29 is 19.0 Å². The Morgan fingerprint density at radius 2 is 2.09 bits per heavy atom. The summed E-state index contributed by atoms with van der Waals surface area (Å²) in [5.41, 5.74) is 2.81. The van der Waals surface area contributed by atoms with Crippen LogP contribution in [-0.4, -0.2) is 43.5 Å². The Hall–Kier alpha value is -2.90. The van der Waals surface area contributed by atoms with Crippen LogP contribution in [0.3, 0.4) is 0 Å². The molecule has 2 heterocycles. The van der Waals surface area contributed by atoms with Crippen LogP contribution in [0.4, 0.5) is 0 Å². The van der Waals surface area contributed by atoms with Gasteiger partial charge in [0.15, 0.2) is 0 Å². The third kappa shape index (κ3) is 5.11. The average molecular weight is 471 g/mol. The summed E-state index contributed by atoms with van der Waals surface area (Å²) in [7, 11) is 3.26. The van der Waals surface area contributed by atoms with Crippen molar-refractivity contribution in [3.05, 3.63) is 65.3 Å². The van der Waals surface area contributed by atoms with Gasteiger partial charge < -0.3 is 19.5 Å². The first-order valence-electron chi connectivity index (χ1n) is 10.1. The quantitative estimate of drug-likeness (QED) is 0.484. The second-order valence-corrected chi connectivity index (χ2v) is 8.62.